The number of ether oxygens (including phenoxy) is 2. The number of nitrogens with one attached hydrogen (secondary N) is 2. The molecule has 10 nitrogen and oxygen atoms in total. The van der Waals surface area contributed by atoms with Gasteiger partial charge in [0.1, 0.15) is 0 Å². The third-order valence-electron chi connectivity index (χ3n) is 6.89. The molecule has 1 atom stereocenters. The topological polar surface area (TPSA) is 138 Å². The number of pyridine rings is 1. The Kier molecular flexibility index (Phi) is 10.7. The molecule has 3 aromatic carbocycles. The first-order valence-electron chi connectivity index (χ1n) is 13.7. The van der Waals surface area contributed by atoms with E-state index in [0.717, 1.165) is 5.39 Å². The molecule has 11 heteroatoms. The van der Waals surface area contributed by atoms with Crippen LogP contribution in [0.2, 0.25) is 5.02 Å². The first-order chi connectivity index (χ1) is 20.7. The van der Waals surface area contributed by atoms with E-state index in [4.69, 9.17) is 26.2 Å². The molecule has 2 heterocycles. The van der Waals surface area contributed by atoms with Crippen molar-refractivity contribution in [2.45, 2.75) is 19.0 Å². The van der Waals surface area contributed by atoms with Crippen molar-refractivity contribution in [1.82, 2.24) is 15.2 Å². The van der Waals surface area contributed by atoms with Crippen molar-refractivity contribution in [2.75, 3.05) is 32.9 Å². The Morgan fingerprint density at radius 2 is 1.63 bits per heavy atom. The van der Waals surface area contributed by atoms with Gasteiger partial charge in [0.25, 0.3) is 5.91 Å². The molecule has 1 aliphatic heterocycles. The zero-order valence-corrected chi connectivity index (χ0v) is 24.3. The minimum atomic E-state index is -1.55. The monoisotopic (exact) mass is 605 g/mol. The minimum absolute atomic E-state index is 0.0373. The van der Waals surface area contributed by atoms with Crippen LogP contribution in [-0.2, 0) is 20.7 Å². The summed E-state index contributed by atoms with van der Waals surface area (Å²) in [7, 11) is 0. The van der Waals surface area contributed by atoms with E-state index >= 15 is 0 Å². The number of carboxylic acids is 1. The van der Waals surface area contributed by atoms with E-state index in [9.17, 15) is 19.2 Å². The maximum atomic E-state index is 13.6. The second-order valence-electron chi connectivity index (χ2n) is 9.69. The minimum Gasteiger partial charge on any atom is -0.478 e. The number of carboxylic acid groups (broad SMARTS) is 1. The zero-order valence-electron chi connectivity index (χ0n) is 23.5. The molecule has 1 unspecified atom stereocenters. The van der Waals surface area contributed by atoms with Gasteiger partial charge < -0.3 is 24.9 Å². The Morgan fingerprint density at radius 3 is 2.26 bits per heavy atom. The second-order valence-corrected chi connectivity index (χ2v) is 10.1. The molecule has 0 bridgehead atoms. The first-order valence-corrected chi connectivity index (χ1v) is 14.1. The number of aromatic amines is 1. The lowest BCUT2D eigenvalue weighted by molar-refractivity contribution is -0.163. The van der Waals surface area contributed by atoms with Gasteiger partial charge in [0.15, 0.2) is 5.66 Å². The number of esters is 1. The number of benzene rings is 3. The summed E-state index contributed by atoms with van der Waals surface area (Å²) in [6.45, 7) is 3.45. The van der Waals surface area contributed by atoms with Crippen LogP contribution in [0.4, 0.5) is 0 Å². The van der Waals surface area contributed by atoms with Crippen molar-refractivity contribution in [2.24, 2.45) is 0 Å². The largest absolute Gasteiger partial charge is 0.478 e. The highest BCUT2D eigenvalue weighted by molar-refractivity contribution is 6.30. The number of aromatic carboxylic acids is 1. The standard InChI is InChI=1S/C25H26ClN3O5.C7H6O2/c1-2-34-24(32)25(29-11-13-33-14-12-29,28-23(31)17-7-9-19(26)10-8-17)16-18-15-22(30)27-21-6-4-3-5-20(18)21;8-7(9)6-4-2-1-3-5-6/h3-10,15H,2,11-14,16H2,1H3,(H,27,30)(H,28,31);1-5H,(H,8,9). The molecule has 0 saturated carbocycles. The number of hydrogen-bond acceptors (Lipinski definition) is 7. The third kappa shape index (κ3) is 7.86. The fraction of sp³-hybridized carbons (Fsp3) is 0.250. The molecule has 5 rings (SSSR count). The lowest BCUT2D eigenvalue weighted by Crippen LogP contribution is -2.69. The fourth-order valence-corrected chi connectivity index (χ4v) is 4.95. The number of amides is 1. The zero-order chi connectivity index (χ0) is 30.8. The average molecular weight is 606 g/mol. The van der Waals surface area contributed by atoms with E-state index in [1.165, 1.54) is 6.07 Å². The Bertz CT molecular complexity index is 1620. The molecule has 1 aliphatic rings. The Morgan fingerprint density at radius 1 is 0.977 bits per heavy atom. The summed E-state index contributed by atoms with van der Waals surface area (Å²) in [4.78, 5) is 54.2. The van der Waals surface area contributed by atoms with Crippen molar-refractivity contribution < 1.29 is 29.0 Å². The normalized spacial score (nSPS) is 14.6. The number of H-pyrrole nitrogens is 1. The number of rotatable bonds is 8. The lowest BCUT2D eigenvalue weighted by Gasteiger charge is -2.44. The van der Waals surface area contributed by atoms with Crippen molar-refractivity contribution in [3.8, 4) is 0 Å². The number of halogens is 1. The summed E-state index contributed by atoms with van der Waals surface area (Å²) in [6, 6.07) is 23.5. The van der Waals surface area contributed by atoms with Crippen LogP contribution in [0.1, 0.15) is 33.2 Å². The molecule has 0 aliphatic carbocycles. The van der Waals surface area contributed by atoms with Gasteiger partial charge in [0.05, 0.1) is 25.4 Å². The predicted octanol–water partition coefficient (Wildman–Crippen LogP) is 4.13. The number of hydrogen-bond donors (Lipinski definition) is 3. The smallest absolute Gasteiger partial charge is 0.347 e. The number of para-hydroxylation sites is 1. The molecular weight excluding hydrogens is 574 g/mol. The predicted molar refractivity (Wildman–Crippen MR) is 162 cm³/mol. The van der Waals surface area contributed by atoms with Crippen LogP contribution in [0.15, 0.2) is 89.7 Å². The summed E-state index contributed by atoms with van der Waals surface area (Å²) in [5, 5.41) is 12.6. The van der Waals surface area contributed by atoms with E-state index in [2.05, 4.69) is 10.3 Å². The van der Waals surface area contributed by atoms with E-state index in [1.807, 2.05) is 23.1 Å². The van der Waals surface area contributed by atoms with Crippen LogP contribution in [0.25, 0.3) is 10.9 Å². The molecule has 1 aromatic heterocycles. The van der Waals surface area contributed by atoms with Gasteiger partial charge in [0.2, 0.25) is 5.56 Å². The summed E-state index contributed by atoms with van der Waals surface area (Å²) in [6.07, 6.45) is 0.0373. The number of fused-ring (bicyclic) bond motifs is 1. The highest BCUT2D eigenvalue weighted by atomic mass is 35.5. The van der Waals surface area contributed by atoms with Gasteiger partial charge in [-0.25, -0.2) is 9.59 Å². The number of aromatic nitrogens is 1. The molecule has 1 amide bonds. The Hall–Kier alpha value is -4.51. The molecule has 0 spiro atoms. The number of carbonyl (C=O) groups is 3. The Balaban J connectivity index is 0.000000403. The van der Waals surface area contributed by atoms with Gasteiger partial charge in [-0.15, -0.1) is 0 Å². The highest BCUT2D eigenvalue weighted by Crippen LogP contribution is 2.26. The number of carbonyl (C=O) groups excluding carboxylic acids is 2. The first kappa shape index (κ1) is 31.4. The van der Waals surface area contributed by atoms with Gasteiger partial charge >= 0.3 is 11.9 Å². The molecule has 3 N–H and O–H groups in total. The van der Waals surface area contributed by atoms with Crippen LogP contribution in [0.5, 0.6) is 0 Å². The van der Waals surface area contributed by atoms with E-state index in [0.29, 0.717) is 53.5 Å². The maximum absolute atomic E-state index is 13.6. The average Bonchev–Trinajstić information content (AvgIpc) is 3.02. The van der Waals surface area contributed by atoms with E-state index in [-0.39, 0.29) is 18.6 Å². The van der Waals surface area contributed by atoms with Crippen molar-refractivity contribution >= 4 is 40.3 Å². The molecule has 43 heavy (non-hydrogen) atoms. The highest BCUT2D eigenvalue weighted by Gasteiger charge is 2.48. The lowest BCUT2D eigenvalue weighted by atomic mass is 9.93. The SMILES string of the molecule is CCOC(=O)C(Cc1cc(=O)[nH]c2ccccc12)(NC(=O)c1ccc(Cl)cc1)N1CCOCC1.O=C(O)c1ccccc1. The van der Waals surface area contributed by atoms with E-state index in [1.54, 1.807) is 67.6 Å². The molecule has 1 saturated heterocycles. The van der Waals surface area contributed by atoms with Crippen LogP contribution in [0.3, 0.4) is 0 Å². The summed E-state index contributed by atoms with van der Waals surface area (Å²) in [5.74, 6) is -1.93. The van der Waals surface area contributed by atoms with Crippen molar-refractivity contribution in [3.05, 3.63) is 117 Å². The molecule has 1 fully saturated rings. The quantitative estimate of drug-likeness (QED) is 0.255. The summed E-state index contributed by atoms with van der Waals surface area (Å²) >= 11 is 5.98. The fourth-order valence-electron chi connectivity index (χ4n) is 4.82. The molecular formula is C32H32ClN3O7. The van der Waals surface area contributed by atoms with E-state index < -0.39 is 23.5 Å². The van der Waals surface area contributed by atoms with Crippen molar-refractivity contribution in [1.29, 1.82) is 0 Å². The van der Waals surface area contributed by atoms with Crippen molar-refractivity contribution in [3.63, 3.8) is 0 Å². The van der Waals surface area contributed by atoms with Crippen LogP contribution < -0.4 is 10.9 Å². The molecule has 0 radical (unpaired) electrons. The van der Waals surface area contributed by atoms with Gasteiger partial charge in [-0.1, -0.05) is 48.0 Å². The van der Waals surface area contributed by atoms with Gasteiger partial charge in [0, 0.05) is 47.1 Å². The molecule has 224 valence electrons. The number of nitrogens with zero attached hydrogens (tertiary/aromatic N) is 1. The van der Waals surface area contributed by atoms with Gasteiger partial charge in [-0.2, -0.15) is 0 Å². The number of morpholine rings is 1. The molecule has 4 aromatic rings. The third-order valence-corrected chi connectivity index (χ3v) is 7.15. The Labute approximate surface area is 253 Å². The summed E-state index contributed by atoms with van der Waals surface area (Å²) in [5.41, 5.74) is 0.105. The maximum Gasteiger partial charge on any atom is 0.347 e. The summed E-state index contributed by atoms with van der Waals surface area (Å²) < 4.78 is 11.0. The van der Waals surface area contributed by atoms with Gasteiger partial charge in [-0.05, 0) is 55.0 Å². The second kappa shape index (κ2) is 14.6. The van der Waals surface area contributed by atoms with Gasteiger partial charge in [-0.3, -0.25) is 14.5 Å². The van der Waals surface area contributed by atoms with Crippen LogP contribution >= 0.6 is 11.6 Å². The van der Waals surface area contributed by atoms with Crippen LogP contribution in [-0.4, -0.2) is 71.4 Å². The van der Waals surface area contributed by atoms with Crippen LogP contribution in [0, 0.1) is 0 Å².